The fourth-order valence-corrected chi connectivity index (χ4v) is 6.06. The van der Waals surface area contributed by atoms with E-state index >= 15 is 0 Å². The van der Waals surface area contributed by atoms with Crippen LogP contribution in [0.15, 0.2) is 66.8 Å². The first-order valence-corrected chi connectivity index (χ1v) is 12.8. The highest BCUT2D eigenvalue weighted by Gasteiger charge is 2.67. The van der Waals surface area contributed by atoms with Gasteiger partial charge in [0.05, 0.1) is 24.2 Å². The Labute approximate surface area is 212 Å². The summed E-state index contributed by atoms with van der Waals surface area (Å²) < 4.78 is 6.01. The Hall–Kier alpha value is -2.74. The number of carbonyl (C=O) groups excluding carboxylic acids is 2. The van der Waals surface area contributed by atoms with E-state index in [1.54, 1.807) is 6.08 Å². The molecule has 4 N–H and O–H groups in total. The van der Waals surface area contributed by atoms with Crippen LogP contribution in [-0.2, 0) is 20.7 Å². The van der Waals surface area contributed by atoms with Gasteiger partial charge in [0, 0.05) is 18.0 Å². The molecule has 1 saturated heterocycles. The molecule has 0 unspecified atom stereocenters. The molecule has 7 nitrogen and oxygen atoms in total. The molecule has 0 bridgehead atoms. The second kappa shape index (κ2) is 10.7. The summed E-state index contributed by atoms with van der Waals surface area (Å²) >= 11 is 0. The molecule has 0 aromatic heterocycles. The Bertz CT molecular complexity index is 1040. The maximum absolute atomic E-state index is 13.8. The normalized spacial score (nSPS) is 39.5. The molecule has 1 aromatic carbocycles. The number of allylic oxidation sites excluding steroid dienone is 1. The Morgan fingerprint density at radius 3 is 2.53 bits per heavy atom. The second-order valence-electron chi connectivity index (χ2n) is 10.6. The maximum atomic E-state index is 13.8. The first-order valence-electron chi connectivity index (χ1n) is 12.8. The van der Waals surface area contributed by atoms with E-state index in [-0.39, 0.29) is 17.9 Å². The molecule has 2 fully saturated rings. The Balaban J connectivity index is 1.78. The van der Waals surface area contributed by atoms with Gasteiger partial charge in [0.25, 0.3) is 5.91 Å². The number of rotatable bonds is 2. The van der Waals surface area contributed by atoms with Crippen LogP contribution in [0.5, 0.6) is 0 Å². The molecule has 2 heterocycles. The summed E-state index contributed by atoms with van der Waals surface area (Å²) in [5.41, 5.74) is 0.00183. The number of aliphatic hydroxyl groups is 3. The molecule has 3 aliphatic rings. The van der Waals surface area contributed by atoms with Crippen molar-refractivity contribution in [2.45, 2.75) is 69.5 Å². The van der Waals surface area contributed by atoms with E-state index in [0.717, 1.165) is 11.6 Å². The first-order chi connectivity index (χ1) is 17.1. The molecule has 1 aromatic rings. The van der Waals surface area contributed by atoms with Crippen molar-refractivity contribution in [1.29, 1.82) is 0 Å². The molecule has 9 atom stereocenters. The monoisotopic (exact) mass is 495 g/mol. The van der Waals surface area contributed by atoms with Crippen molar-refractivity contribution in [3.8, 4) is 0 Å². The highest BCUT2D eigenvalue weighted by Crippen LogP contribution is 2.52. The predicted octanol–water partition coefficient (Wildman–Crippen LogP) is 2.46. The van der Waals surface area contributed by atoms with Gasteiger partial charge in [0.15, 0.2) is 0 Å². The van der Waals surface area contributed by atoms with Crippen LogP contribution in [0, 0.1) is 23.7 Å². The van der Waals surface area contributed by atoms with Crippen molar-refractivity contribution < 1.29 is 29.6 Å². The third-order valence-corrected chi connectivity index (χ3v) is 8.17. The molecule has 7 heteroatoms. The number of esters is 1. The lowest BCUT2D eigenvalue weighted by atomic mass is 9.59. The van der Waals surface area contributed by atoms with Crippen LogP contribution in [-0.4, -0.2) is 57.2 Å². The zero-order valence-electron chi connectivity index (χ0n) is 20.9. The Kier molecular flexibility index (Phi) is 7.83. The molecule has 36 heavy (non-hydrogen) atoms. The topological polar surface area (TPSA) is 116 Å². The summed E-state index contributed by atoms with van der Waals surface area (Å²) in [5, 5.41) is 34.9. The van der Waals surface area contributed by atoms with Crippen LogP contribution >= 0.6 is 0 Å². The van der Waals surface area contributed by atoms with Gasteiger partial charge < -0.3 is 25.4 Å². The first kappa shape index (κ1) is 26.3. The van der Waals surface area contributed by atoms with E-state index in [1.807, 2.05) is 50.3 Å². The van der Waals surface area contributed by atoms with Crippen molar-refractivity contribution in [1.82, 2.24) is 5.32 Å². The van der Waals surface area contributed by atoms with Crippen molar-refractivity contribution in [2.75, 3.05) is 0 Å². The quantitative estimate of drug-likeness (QED) is 0.370. The molecular weight excluding hydrogens is 458 g/mol. The lowest BCUT2D eigenvalue weighted by molar-refractivity contribution is -0.182. The summed E-state index contributed by atoms with van der Waals surface area (Å²) in [7, 11) is 0. The van der Waals surface area contributed by atoms with Crippen molar-refractivity contribution in [3.05, 3.63) is 72.4 Å². The lowest BCUT2D eigenvalue weighted by Crippen LogP contribution is -2.61. The SMILES string of the molecule is C=C1[C@@H](C)[C@H]2[C@H](Cc3ccccc3)NC(=O)[C@]23OC(=O)C=C[C@@H](O)[C@H](O)CC[C@@H](C)CC=C[C@H]3[C@@H]1O. The number of carbonyl (C=O) groups is 2. The summed E-state index contributed by atoms with van der Waals surface area (Å²) in [6.07, 6.45) is 4.91. The minimum atomic E-state index is -1.64. The number of nitrogens with one attached hydrogen (secondary N) is 1. The third-order valence-electron chi connectivity index (χ3n) is 8.17. The number of aliphatic hydroxyl groups excluding tert-OH is 3. The van der Waals surface area contributed by atoms with E-state index in [1.165, 1.54) is 6.08 Å². The Morgan fingerprint density at radius 2 is 1.81 bits per heavy atom. The van der Waals surface area contributed by atoms with Gasteiger partial charge in [-0.1, -0.05) is 62.9 Å². The highest BCUT2D eigenvalue weighted by atomic mass is 16.6. The summed E-state index contributed by atoms with van der Waals surface area (Å²) in [5.74, 6) is -2.62. The number of hydrogen-bond donors (Lipinski definition) is 4. The minimum Gasteiger partial charge on any atom is -0.445 e. The number of benzene rings is 1. The smallest absolute Gasteiger partial charge is 0.331 e. The van der Waals surface area contributed by atoms with Gasteiger partial charge in [-0.25, -0.2) is 4.79 Å². The van der Waals surface area contributed by atoms with Gasteiger partial charge >= 0.3 is 5.97 Å². The molecule has 0 radical (unpaired) electrons. The van der Waals surface area contributed by atoms with E-state index < -0.39 is 47.6 Å². The molecule has 2 aliphatic heterocycles. The zero-order chi connectivity index (χ0) is 26.0. The van der Waals surface area contributed by atoms with Crippen LogP contribution < -0.4 is 5.32 Å². The molecule has 1 amide bonds. The van der Waals surface area contributed by atoms with E-state index in [0.29, 0.717) is 31.3 Å². The molecular formula is C29H37NO6. The van der Waals surface area contributed by atoms with E-state index in [2.05, 4.69) is 11.9 Å². The average molecular weight is 496 g/mol. The summed E-state index contributed by atoms with van der Waals surface area (Å²) in [6, 6.07) is 9.45. The second-order valence-corrected chi connectivity index (χ2v) is 10.6. The molecule has 194 valence electrons. The van der Waals surface area contributed by atoms with Crippen LogP contribution in [0.1, 0.15) is 38.7 Å². The van der Waals surface area contributed by atoms with E-state index in [4.69, 9.17) is 4.74 Å². The van der Waals surface area contributed by atoms with Crippen molar-refractivity contribution in [3.63, 3.8) is 0 Å². The summed E-state index contributed by atoms with van der Waals surface area (Å²) in [6.45, 7) is 8.11. The van der Waals surface area contributed by atoms with E-state index in [9.17, 15) is 24.9 Å². The van der Waals surface area contributed by atoms with Gasteiger partial charge in [-0.15, -0.1) is 0 Å². The van der Waals surface area contributed by atoms with Gasteiger partial charge in [-0.05, 0) is 54.7 Å². The number of amides is 1. The maximum Gasteiger partial charge on any atom is 0.331 e. The van der Waals surface area contributed by atoms with Crippen molar-refractivity contribution >= 4 is 11.9 Å². The minimum absolute atomic E-state index is 0.204. The van der Waals surface area contributed by atoms with Gasteiger partial charge in [-0.3, -0.25) is 4.79 Å². The largest absolute Gasteiger partial charge is 0.445 e. The average Bonchev–Trinajstić information content (AvgIpc) is 3.12. The van der Waals surface area contributed by atoms with Gasteiger partial charge in [-0.2, -0.15) is 0 Å². The molecule has 1 spiro atoms. The zero-order valence-corrected chi connectivity index (χ0v) is 20.9. The number of ether oxygens (including phenoxy) is 1. The third kappa shape index (κ3) is 4.92. The molecule has 4 rings (SSSR count). The van der Waals surface area contributed by atoms with Gasteiger partial charge in [0.2, 0.25) is 5.60 Å². The fraction of sp³-hybridized carbons (Fsp3) is 0.517. The standard InChI is InChI=1S/C29H37NO6/c1-17-8-7-11-21-27(34)19(3)18(2)26-22(16-20-9-5-4-6-10-20)30-28(35)29(21,26)36-25(33)15-14-24(32)23(31)13-12-17/h4-7,9-11,14-15,17-18,21-24,26-27,31-32,34H,3,8,12-13,16H2,1-2H3,(H,30,35)/t17-,18+,21-,22-,23+,24+,26-,27+,29+/m0/s1. The predicted molar refractivity (Wildman–Crippen MR) is 135 cm³/mol. The van der Waals surface area contributed by atoms with Crippen LogP contribution in [0.3, 0.4) is 0 Å². The molecule has 1 aliphatic carbocycles. The number of hydrogen-bond acceptors (Lipinski definition) is 6. The molecule has 1 saturated carbocycles. The van der Waals surface area contributed by atoms with Crippen LogP contribution in [0.2, 0.25) is 0 Å². The van der Waals surface area contributed by atoms with Crippen LogP contribution in [0.4, 0.5) is 0 Å². The van der Waals surface area contributed by atoms with Crippen LogP contribution in [0.25, 0.3) is 0 Å². The highest BCUT2D eigenvalue weighted by molar-refractivity contribution is 5.94. The van der Waals surface area contributed by atoms with Gasteiger partial charge in [0.1, 0.15) is 0 Å². The van der Waals surface area contributed by atoms with Crippen molar-refractivity contribution in [2.24, 2.45) is 23.7 Å². The fourth-order valence-electron chi connectivity index (χ4n) is 6.06. The Morgan fingerprint density at radius 1 is 1.08 bits per heavy atom. The lowest BCUT2D eigenvalue weighted by Gasteiger charge is -2.49. The summed E-state index contributed by atoms with van der Waals surface area (Å²) in [4.78, 5) is 26.8.